The quantitative estimate of drug-likeness (QED) is 0.761. The number of aryl methyl sites for hydroxylation is 1. The van der Waals surface area contributed by atoms with Crippen molar-refractivity contribution in [2.24, 2.45) is 0 Å². The lowest BCUT2D eigenvalue weighted by atomic mass is 10.1. The highest BCUT2D eigenvalue weighted by Gasteiger charge is 2.31. The van der Waals surface area contributed by atoms with Gasteiger partial charge in [-0.2, -0.15) is 13.2 Å². The Morgan fingerprint density at radius 3 is 2.29 bits per heavy atom. The second-order valence-electron chi connectivity index (χ2n) is 5.37. The minimum atomic E-state index is -4.57. The Morgan fingerprint density at radius 1 is 0.917 bits per heavy atom. The van der Waals surface area contributed by atoms with Gasteiger partial charge in [-0.25, -0.2) is 13.1 Å². The van der Waals surface area contributed by atoms with Crippen LogP contribution in [0.25, 0.3) is 0 Å². The lowest BCUT2D eigenvalue weighted by Gasteiger charge is -2.10. The first kappa shape index (κ1) is 18.5. The van der Waals surface area contributed by atoms with E-state index in [9.17, 15) is 21.6 Å². The second kappa shape index (κ2) is 7.81. The topological polar surface area (TPSA) is 46.2 Å². The Balaban J connectivity index is 1.87. The van der Waals surface area contributed by atoms with E-state index in [0.29, 0.717) is 12.5 Å². The first-order valence-corrected chi connectivity index (χ1v) is 8.98. The normalized spacial score (nSPS) is 12.3. The van der Waals surface area contributed by atoms with Crippen LogP contribution in [0.1, 0.15) is 24.0 Å². The van der Waals surface area contributed by atoms with E-state index < -0.39 is 21.8 Å². The smallest absolute Gasteiger partial charge is 0.211 e. The lowest BCUT2D eigenvalue weighted by molar-refractivity contribution is -0.137. The van der Waals surface area contributed by atoms with E-state index in [0.717, 1.165) is 31.0 Å². The number of hydrogen-bond donors (Lipinski definition) is 1. The monoisotopic (exact) mass is 357 g/mol. The fourth-order valence-corrected chi connectivity index (χ4v) is 3.35. The van der Waals surface area contributed by atoms with Gasteiger partial charge in [0.15, 0.2) is 0 Å². The number of rotatable bonds is 7. The zero-order valence-corrected chi connectivity index (χ0v) is 13.7. The van der Waals surface area contributed by atoms with E-state index in [2.05, 4.69) is 4.72 Å². The first-order chi connectivity index (χ1) is 11.3. The number of nitrogens with one attached hydrogen (secondary N) is 1. The van der Waals surface area contributed by atoms with Crippen LogP contribution in [-0.4, -0.2) is 15.0 Å². The van der Waals surface area contributed by atoms with Crippen molar-refractivity contribution in [1.29, 1.82) is 0 Å². The molecule has 2 aromatic carbocycles. The van der Waals surface area contributed by atoms with Gasteiger partial charge in [0.1, 0.15) is 0 Å². The van der Waals surface area contributed by atoms with Crippen molar-refractivity contribution in [1.82, 2.24) is 4.72 Å². The third-order valence-electron chi connectivity index (χ3n) is 3.50. The summed E-state index contributed by atoms with van der Waals surface area (Å²) in [5, 5.41) is 0. The van der Waals surface area contributed by atoms with E-state index in [-0.39, 0.29) is 11.4 Å². The average Bonchev–Trinajstić information content (AvgIpc) is 2.55. The zero-order chi connectivity index (χ0) is 17.6. The summed E-state index contributed by atoms with van der Waals surface area (Å²) in [6.07, 6.45) is -2.35. The van der Waals surface area contributed by atoms with Gasteiger partial charge in [-0.3, -0.25) is 0 Å². The molecule has 130 valence electrons. The molecule has 0 aromatic heterocycles. The second-order valence-corrected chi connectivity index (χ2v) is 7.13. The molecular formula is C17H18F3NO2S. The van der Waals surface area contributed by atoms with E-state index in [1.54, 1.807) is 0 Å². The van der Waals surface area contributed by atoms with Crippen LogP contribution in [0.5, 0.6) is 0 Å². The molecule has 0 radical (unpaired) electrons. The molecule has 1 N–H and O–H groups in total. The largest absolute Gasteiger partial charge is 0.416 e. The predicted octanol–water partition coefficient (Wildman–Crippen LogP) is 4.01. The highest BCUT2D eigenvalue weighted by molar-refractivity contribution is 7.89. The van der Waals surface area contributed by atoms with Crippen molar-refractivity contribution in [2.75, 3.05) is 6.54 Å². The maximum Gasteiger partial charge on any atom is 0.416 e. The summed E-state index contributed by atoms with van der Waals surface area (Å²) in [7, 11) is -3.94. The molecule has 0 saturated heterocycles. The zero-order valence-electron chi connectivity index (χ0n) is 12.9. The molecule has 0 heterocycles. The molecule has 0 aliphatic rings. The Hall–Kier alpha value is -1.86. The van der Waals surface area contributed by atoms with Gasteiger partial charge < -0.3 is 0 Å². The summed E-state index contributed by atoms with van der Waals surface area (Å²) in [6.45, 7) is 0.186. The third kappa shape index (κ3) is 5.35. The molecule has 0 atom stereocenters. The van der Waals surface area contributed by atoms with Crippen molar-refractivity contribution in [3.63, 3.8) is 0 Å². The van der Waals surface area contributed by atoms with Crippen molar-refractivity contribution in [3.8, 4) is 0 Å². The number of alkyl halides is 3. The summed E-state index contributed by atoms with van der Waals surface area (Å²) in [5.74, 6) is 0. The summed E-state index contributed by atoms with van der Waals surface area (Å²) in [4.78, 5) is -0.375. The molecule has 0 aliphatic heterocycles. The molecule has 7 heteroatoms. The van der Waals surface area contributed by atoms with Gasteiger partial charge in [-0.1, -0.05) is 36.4 Å². The van der Waals surface area contributed by atoms with Gasteiger partial charge in [0.2, 0.25) is 10.0 Å². The van der Waals surface area contributed by atoms with Gasteiger partial charge in [-0.15, -0.1) is 0 Å². The highest BCUT2D eigenvalue weighted by atomic mass is 32.2. The van der Waals surface area contributed by atoms with Gasteiger partial charge >= 0.3 is 6.18 Å². The van der Waals surface area contributed by atoms with Crippen LogP contribution in [0, 0.1) is 0 Å². The van der Waals surface area contributed by atoms with Crippen molar-refractivity contribution >= 4 is 10.0 Å². The Kier molecular flexibility index (Phi) is 6.01. The van der Waals surface area contributed by atoms with E-state index in [1.165, 1.54) is 5.56 Å². The predicted molar refractivity (Wildman–Crippen MR) is 86.0 cm³/mol. The molecule has 0 bridgehead atoms. The van der Waals surface area contributed by atoms with Crippen LogP contribution < -0.4 is 4.72 Å². The van der Waals surface area contributed by atoms with Crippen LogP contribution in [-0.2, 0) is 22.6 Å². The standard InChI is InChI=1S/C17H18F3NO2S/c18-17(19,20)15-10-6-11-16(13-15)24(22,23)21-12-5-4-9-14-7-2-1-3-8-14/h1-3,6-8,10-11,13,21H,4-5,9,12H2. The number of unbranched alkanes of at least 4 members (excludes halogenated alkanes) is 1. The van der Waals surface area contributed by atoms with Gasteiger partial charge in [0.25, 0.3) is 0 Å². The highest BCUT2D eigenvalue weighted by Crippen LogP contribution is 2.30. The van der Waals surface area contributed by atoms with E-state index in [4.69, 9.17) is 0 Å². The molecule has 0 aliphatic carbocycles. The molecular weight excluding hydrogens is 339 g/mol. The molecule has 0 unspecified atom stereocenters. The Morgan fingerprint density at radius 2 is 1.62 bits per heavy atom. The minimum absolute atomic E-state index is 0.186. The number of sulfonamides is 1. The first-order valence-electron chi connectivity index (χ1n) is 7.50. The SMILES string of the molecule is O=S(=O)(NCCCCc1ccccc1)c1cccc(C(F)(F)F)c1. The third-order valence-corrected chi connectivity index (χ3v) is 4.96. The van der Waals surface area contributed by atoms with Gasteiger partial charge in [-0.05, 0) is 43.0 Å². The fraction of sp³-hybridized carbons (Fsp3) is 0.294. The maximum atomic E-state index is 12.7. The number of halogens is 3. The summed E-state index contributed by atoms with van der Waals surface area (Å²) >= 11 is 0. The maximum absolute atomic E-state index is 12.7. The fourth-order valence-electron chi connectivity index (χ4n) is 2.23. The number of benzene rings is 2. The molecule has 24 heavy (non-hydrogen) atoms. The van der Waals surface area contributed by atoms with Gasteiger partial charge in [0, 0.05) is 6.54 Å². The van der Waals surface area contributed by atoms with Crippen LogP contribution in [0.3, 0.4) is 0 Å². The lowest BCUT2D eigenvalue weighted by Crippen LogP contribution is -2.25. The molecule has 2 rings (SSSR count). The molecule has 3 nitrogen and oxygen atoms in total. The average molecular weight is 357 g/mol. The Labute approximate surface area is 139 Å². The molecule has 0 spiro atoms. The summed E-state index contributed by atoms with van der Waals surface area (Å²) < 4.78 is 64.4. The van der Waals surface area contributed by atoms with E-state index >= 15 is 0 Å². The molecule has 0 fully saturated rings. The van der Waals surface area contributed by atoms with Crippen LogP contribution in [0.2, 0.25) is 0 Å². The van der Waals surface area contributed by atoms with Crippen molar-refractivity contribution in [3.05, 3.63) is 65.7 Å². The van der Waals surface area contributed by atoms with Crippen molar-refractivity contribution < 1.29 is 21.6 Å². The Bertz CT molecular complexity index is 759. The van der Waals surface area contributed by atoms with Crippen molar-refractivity contribution in [2.45, 2.75) is 30.3 Å². The van der Waals surface area contributed by atoms with Crippen LogP contribution >= 0.6 is 0 Å². The van der Waals surface area contributed by atoms with Gasteiger partial charge in [0.05, 0.1) is 10.5 Å². The molecule has 0 saturated carbocycles. The summed E-state index contributed by atoms with van der Waals surface area (Å²) in [6, 6.07) is 13.5. The minimum Gasteiger partial charge on any atom is -0.211 e. The van der Waals surface area contributed by atoms with Crippen LogP contribution in [0.4, 0.5) is 13.2 Å². The number of hydrogen-bond acceptors (Lipinski definition) is 2. The van der Waals surface area contributed by atoms with Crippen LogP contribution in [0.15, 0.2) is 59.5 Å². The molecule has 0 amide bonds. The molecule has 2 aromatic rings. The van der Waals surface area contributed by atoms with E-state index in [1.807, 2.05) is 30.3 Å². The summed E-state index contributed by atoms with van der Waals surface area (Å²) in [5.41, 5.74) is 0.188.